The third-order valence-corrected chi connectivity index (χ3v) is 5.87. The van der Waals surface area contributed by atoms with Crippen molar-refractivity contribution in [2.45, 2.75) is 38.1 Å². The van der Waals surface area contributed by atoms with Crippen LogP contribution in [0.2, 0.25) is 0 Å². The third kappa shape index (κ3) is 3.42. The molecule has 2 aliphatic rings. The van der Waals surface area contributed by atoms with Crippen LogP contribution >= 0.6 is 0 Å². The van der Waals surface area contributed by atoms with Crippen molar-refractivity contribution >= 4 is 17.5 Å². The molecule has 1 heterocycles. The van der Waals surface area contributed by atoms with Crippen molar-refractivity contribution < 1.29 is 14.7 Å². The number of hydrogen-bond donors (Lipinski definition) is 2. The van der Waals surface area contributed by atoms with Crippen LogP contribution in [0.1, 0.15) is 42.5 Å². The molecule has 1 saturated carbocycles. The van der Waals surface area contributed by atoms with Gasteiger partial charge in [-0.1, -0.05) is 30.7 Å². The number of hydrogen-bond acceptors (Lipinski definition) is 3. The highest BCUT2D eigenvalue weighted by atomic mass is 16.3. The maximum Gasteiger partial charge on any atom is 0.251 e. The molecule has 27 heavy (non-hydrogen) atoms. The summed E-state index contributed by atoms with van der Waals surface area (Å²) in [6.07, 6.45) is 4.16. The molecule has 2 aromatic rings. The van der Waals surface area contributed by atoms with Crippen molar-refractivity contribution in [1.29, 1.82) is 0 Å². The van der Waals surface area contributed by atoms with Gasteiger partial charge in [0.25, 0.3) is 5.91 Å². The number of nitrogens with one attached hydrogen (secondary N) is 1. The van der Waals surface area contributed by atoms with Gasteiger partial charge in [-0.3, -0.25) is 9.59 Å². The number of aromatic hydroxyl groups is 1. The number of rotatable bonds is 3. The zero-order valence-electron chi connectivity index (χ0n) is 15.2. The van der Waals surface area contributed by atoms with E-state index in [1.165, 1.54) is 0 Å². The van der Waals surface area contributed by atoms with Gasteiger partial charge < -0.3 is 15.3 Å². The van der Waals surface area contributed by atoms with Crippen LogP contribution in [0.5, 0.6) is 5.75 Å². The van der Waals surface area contributed by atoms with Gasteiger partial charge in [-0.2, -0.15) is 0 Å². The second kappa shape index (κ2) is 7.06. The SMILES string of the molecule is O=C(NC1CCCC2(CCN(c3cccc(O)c3)C2=O)C1)c1ccccc1. The Balaban J connectivity index is 1.47. The lowest BCUT2D eigenvalue weighted by Crippen LogP contribution is -2.45. The maximum absolute atomic E-state index is 13.2. The highest BCUT2D eigenvalue weighted by molar-refractivity contribution is 6.00. The molecule has 2 aromatic carbocycles. The molecule has 5 nitrogen and oxygen atoms in total. The largest absolute Gasteiger partial charge is 0.508 e. The Hall–Kier alpha value is -2.82. The summed E-state index contributed by atoms with van der Waals surface area (Å²) in [5, 5.41) is 12.8. The Morgan fingerprint density at radius 1 is 1.11 bits per heavy atom. The Morgan fingerprint density at radius 3 is 2.70 bits per heavy atom. The normalized spacial score (nSPS) is 25.0. The first-order valence-corrected chi connectivity index (χ1v) is 9.54. The lowest BCUT2D eigenvalue weighted by atomic mass is 9.71. The van der Waals surface area contributed by atoms with Gasteiger partial charge in [-0.15, -0.1) is 0 Å². The van der Waals surface area contributed by atoms with E-state index in [4.69, 9.17) is 0 Å². The molecule has 2 fully saturated rings. The van der Waals surface area contributed by atoms with E-state index in [1.807, 2.05) is 24.3 Å². The van der Waals surface area contributed by atoms with Crippen LogP contribution in [0.25, 0.3) is 0 Å². The van der Waals surface area contributed by atoms with Crippen molar-refractivity contribution in [2.24, 2.45) is 5.41 Å². The fraction of sp³-hybridized carbons (Fsp3) is 0.364. The fourth-order valence-electron chi connectivity index (χ4n) is 4.49. The molecule has 140 valence electrons. The zero-order valence-corrected chi connectivity index (χ0v) is 15.2. The molecular weight excluding hydrogens is 340 g/mol. The molecule has 2 atom stereocenters. The number of carbonyl (C=O) groups is 2. The van der Waals surface area contributed by atoms with Crippen LogP contribution in [0.15, 0.2) is 54.6 Å². The fourth-order valence-corrected chi connectivity index (χ4v) is 4.49. The minimum atomic E-state index is -0.404. The lowest BCUT2D eigenvalue weighted by molar-refractivity contribution is -0.127. The molecular formula is C22H24N2O3. The van der Waals surface area contributed by atoms with Crippen molar-refractivity contribution in [3.8, 4) is 5.75 Å². The molecule has 0 radical (unpaired) electrons. The number of anilines is 1. The number of carbonyl (C=O) groups excluding carboxylic acids is 2. The highest BCUT2D eigenvalue weighted by Gasteiger charge is 2.49. The molecule has 0 aromatic heterocycles. The van der Waals surface area contributed by atoms with Gasteiger partial charge >= 0.3 is 0 Å². The number of phenols is 1. The molecule has 4 rings (SSSR count). The van der Waals surface area contributed by atoms with E-state index in [1.54, 1.807) is 35.2 Å². The Bertz CT molecular complexity index is 852. The van der Waals surface area contributed by atoms with E-state index >= 15 is 0 Å². The maximum atomic E-state index is 13.2. The molecule has 2 N–H and O–H groups in total. The predicted molar refractivity (Wildman–Crippen MR) is 104 cm³/mol. The van der Waals surface area contributed by atoms with E-state index in [9.17, 15) is 14.7 Å². The molecule has 1 aliphatic carbocycles. The Kier molecular flexibility index (Phi) is 4.60. The smallest absolute Gasteiger partial charge is 0.251 e. The number of phenolic OH excluding ortho intramolecular Hbond substituents is 1. The summed E-state index contributed by atoms with van der Waals surface area (Å²) in [7, 11) is 0. The van der Waals surface area contributed by atoms with Crippen LogP contribution in [0.3, 0.4) is 0 Å². The average Bonchev–Trinajstić information content (AvgIpc) is 2.98. The Morgan fingerprint density at radius 2 is 1.93 bits per heavy atom. The minimum Gasteiger partial charge on any atom is -0.508 e. The summed E-state index contributed by atoms with van der Waals surface area (Å²) in [5.74, 6) is 0.206. The van der Waals surface area contributed by atoms with E-state index in [0.717, 1.165) is 31.4 Å². The summed E-state index contributed by atoms with van der Waals surface area (Å²) >= 11 is 0. The van der Waals surface area contributed by atoms with Gasteiger partial charge in [-0.25, -0.2) is 0 Å². The van der Waals surface area contributed by atoms with Crippen LogP contribution in [-0.4, -0.2) is 29.5 Å². The van der Waals surface area contributed by atoms with Gasteiger partial charge in [0.15, 0.2) is 0 Å². The van der Waals surface area contributed by atoms with Crippen molar-refractivity contribution in [3.05, 3.63) is 60.2 Å². The topological polar surface area (TPSA) is 69.6 Å². The molecule has 2 amide bonds. The second-order valence-corrected chi connectivity index (χ2v) is 7.64. The second-order valence-electron chi connectivity index (χ2n) is 7.64. The van der Waals surface area contributed by atoms with Crippen molar-refractivity contribution in [2.75, 3.05) is 11.4 Å². The Labute approximate surface area is 159 Å². The van der Waals surface area contributed by atoms with Crippen LogP contribution in [0, 0.1) is 5.41 Å². The average molecular weight is 364 g/mol. The zero-order chi connectivity index (χ0) is 18.9. The van der Waals surface area contributed by atoms with Gasteiger partial charge in [-0.05, 0) is 49.9 Å². The van der Waals surface area contributed by atoms with Gasteiger partial charge in [0.1, 0.15) is 5.75 Å². The van der Waals surface area contributed by atoms with Crippen LogP contribution in [-0.2, 0) is 4.79 Å². The van der Waals surface area contributed by atoms with E-state index in [2.05, 4.69) is 5.32 Å². The first-order valence-electron chi connectivity index (χ1n) is 9.54. The van der Waals surface area contributed by atoms with E-state index in [-0.39, 0.29) is 23.6 Å². The van der Waals surface area contributed by atoms with Gasteiger partial charge in [0, 0.05) is 29.9 Å². The van der Waals surface area contributed by atoms with E-state index in [0.29, 0.717) is 18.5 Å². The van der Waals surface area contributed by atoms with Crippen molar-refractivity contribution in [1.82, 2.24) is 5.32 Å². The molecule has 0 bridgehead atoms. The first-order chi connectivity index (χ1) is 13.1. The molecule has 1 saturated heterocycles. The third-order valence-electron chi connectivity index (χ3n) is 5.87. The number of benzene rings is 2. The summed E-state index contributed by atoms with van der Waals surface area (Å²) in [5.41, 5.74) is 0.988. The molecule has 5 heteroatoms. The summed E-state index contributed by atoms with van der Waals surface area (Å²) < 4.78 is 0. The minimum absolute atomic E-state index is 0.0135. The highest BCUT2D eigenvalue weighted by Crippen LogP contribution is 2.46. The summed E-state index contributed by atoms with van der Waals surface area (Å²) in [4.78, 5) is 27.5. The summed E-state index contributed by atoms with van der Waals surface area (Å²) in [6, 6.07) is 16.1. The summed E-state index contributed by atoms with van der Waals surface area (Å²) in [6.45, 7) is 0.654. The monoisotopic (exact) mass is 364 g/mol. The first kappa shape index (κ1) is 17.6. The number of nitrogens with zero attached hydrogens (tertiary/aromatic N) is 1. The van der Waals surface area contributed by atoms with Gasteiger partial charge in [0.05, 0.1) is 5.41 Å². The lowest BCUT2D eigenvalue weighted by Gasteiger charge is -2.37. The van der Waals surface area contributed by atoms with Crippen LogP contribution < -0.4 is 10.2 Å². The molecule has 1 aliphatic heterocycles. The predicted octanol–water partition coefficient (Wildman–Crippen LogP) is 3.49. The quantitative estimate of drug-likeness (QED) is 0.876. The molecule has 1 spiro atoms. The van der Waals surface area contributed by atoms with Gasteiger partial charge in [0.2, 0.25) is 5.91 Å². The standard InChI is InChI=1S/C22H24N2O3/c25-19-10-4-9-18(14-19)24-13-12-22(21(24)27)11-5-8-17(15-22)23-20(26)16-6-2-1-3-7-16/h1-4,6-7,9-10,14,17,25H,5,8,11-13,15H2,(H,23,26). The number of amides is 2. The molecule has 2 unspecified atom stereocenters. The van der Waals surface area contributed by atoms with Crippen molar-refractivity contribution in [3.63, 3.8) is 0 Å². The van der Waals surface area contributed by atoms with E-state index < -0.39 is 5.41 Å². The van der Waals surface area contributed by atoms with Crippen LogP contribution in [0.4, 0.5) is 5.69 Å².